The third-order valence-electron chi connectivity index (χ3n) is 5.14. The van der Waals surface area contributed by atoms with E-state index in [0.29, 0.717) is 0 Å². The predicted molar refractivity (Wildman–Crippen MR) is 103 cm³/mol. The Bertz CT molecular complexity index is 712. The van der Waals surface area contributed by atoms with E-state index >= 15 is 0 Å². The topological polar surface area (TPSA) is 53.9 Å². The summed E-state index contributed by atoms with van der Waals surface area (Å²) < 4.78 is 1.85. The minimum absolute atomic E-state index is 0.139. The summed E-state index contributed by atoms with van der Waals surface area (Å²) in [7, 11) is 3.91. The molecule has 0 saturated carbocycles. The van der Waals surface area contributed by atoms with Crippen LogP contribution in [0.25, 0.3) is 11.1 Å². The SMILES string of the molecule is C=C(CNC)NCC1(c2cccc(-c3cnn(C)c3)c2)CCNCC1. The van der Waals surface area contributed by atoms with Crippen molar-refractivity contribution in [1.82, 2.24) is 25.7 Å². The molecule has 0 atom stereocenters. The molecule has 0 bridgehead atoms. The number of nitrogens with one attached hydrogen (secondary N) is 3. The van der Waals surface area contributed by atoms with Gasteiger partial charge in [0.1, 0.15) is 0 Å². The van der Waals surface area contributed by atoms with Crippen molar-refractivity contribution in [1.29, 1.82) is 0 Å². The van der Waals surface area contributed by atoms with E-state index in [1.807, 2.05) is 25.0 Å². The zero-order valence-corrected chi connectivity index (χ0v) is 15.3. The molecule has 3 N–H and O–H groups in total. The van der Waals surface area contributed by atoms with E-state index in [0.717, 1.165) is 44.7 Å². The summed E-state index contributed by atoms with van der Waals surface area (Å²) in [6.45, 7) is 7.95. The Hall–Kier alpha value is -2.11. The number of hydrogen-bond acceptors (Lipinski definition) is 4. The molecule has 2 heterocycles. The highest BCUT2D eigenvalue weighted by Crippen LogP contribution is 2.35. The van der Waals surface area contributed by atoms with Crippen molar-refractivity contribution in [2.45, 2.75) is 18.3 Å². The second-order valence-corrected chi connectivity index (χ2v) is 7.00. The van der Waals surface area contributed by atoms with Gasteiger partial charge >= 0.3 is 0 Å². The number of piperidine rings is 1. The van der Waals surface area contributed by atoms with Gasteiger partial charge in [-0.1, -0.05) is 30.8 Å². The van der Waals surface area contributed by atoms with Gasteiger partial charge in [-0.2, -0.15) is 5.10 Å². The Morgan fingerprint density at radius 1 is 1.32 bits per heavy atom. The number of nitrogens with zero attached hydrogens (tertiary/aromatic N) is 2. The van der Waals surface area contributed by atoms with E-state index in [2.05, 4.69) is 58.1 Å². The normalized spacial score (nSPS) is 16.6. The second-order valence-electron chi connectivity index (χ2n) is 7.00. The first kappa shape index (κ1) is 17.7. The quantitative estimate of drug-likeness (QED) is 0.722. The van der Waals surface area contributed by atoms with Crippen LogP contribution in [0.3, 0.4) is 0 Å². The molecular weight excluding hydrogens is 310 g/mol. The zero-order chi connectivity index (χ0) is 17.7. The maximum absolute atomic E-state index is 4.31. The Morgan fingerprint density at radius 2 is 2.12 bits per heavy atom. The number of rotatable bonds is 7. The van der Waals surface area contributed by atoms with Crippen molar-refractivity contribution in [2.24, 2.45) is 7.05 Å². The van der Waals surface area contributed by atoms with Crippen LogP contribution in [0.4, 0.5) is 0 Å². The predicted octanol–water partition coefficient (Wildman–Crippen LogP) is 2.03. The number of hydrogen-bond donors (Lipinski definition) is 3. The first-order valence-corrected chi connectivity index (χ1v) is 8.99. The van der Waals surface area contributed by atoms with Crippen LogP contribution < -0.4 is 16.0 Å². The largest absolute Gasteiger partial charge is 0.387 e. The fraction of sp³-hybridized carbons (Fsp3) is 0.450. The van der Waals surface area contributed by atoms with Crippen LogP contribution in [0.1, 0.15) is 18.4 Å². The van der Waals surface area contributed by atoms with Crippen LogP contribution >= 0.6 is 0 Å². The van der Waals surface area contributed by atoms with Gasteiger partial charge in [0.05, 0.1) is 6.20 Å². The Balaban J connectivity index is 1.87. The third kappa shape index (κ3) is 4.11. The van der Waals surface area contributed by atoms with Gasteiger partial charge in [0.2, 0.25) is 0 Å². The van der Waals surface area contributed by atoms with Crippen molar-refractivity contribution in [3.05, 3.63) is 54.5 Å². The Kier molecular flexibility index (Phi) is 5.56. The van der Waals surface area contributed by atoms with Crippen molar-refractivity contribution >= 4 is 0 Å². The molecule has 1 aromatic heterocycles. The number of aryl methyl sites for hydroxylation is 1. The lowest BCUT2D eigenvalue weighted by molar-refractivity contribution is 0.300. The Labute approximate surface area is 150 Å². The molecule has 0 amide bonds. The van der Waals surface area contributed by atoms with Crippen molar-refractivity contribution in [3.8, 4) is 11.1 Å². The minimum atomic E-state index is 0.139. The molecule has 1 aliphatic heterocycles. The van der Waals surface area contributed by atoms with Crippen LogP contribution in [0, 0.1) is 0 Å². The summed E-state index contributed by atoms with van der Waals surface area (Å²) in [5.74, 6) is 0. The standard InChI is InChI=1S/C20H29N5/c1-16(12-21-2)23-15-20(7-9-22-10-8-20)19-6-4-5-17(11-19)18-13-24-25(3)14-18/h4-6,11,13-14,21-23H,1,7-10,12,15H2,2-3H3. The van der Waals surface area contributed by atoms with Gasteiger partial charge in [0.15, 0.2) is 0 Å². The highest BCUT2D eigenvalue weighted by molar-refractivity contribution is 5.63. The van der Waals surface area contributed by atoms with E-state index in [1.54, 1.807) is 0 Å². The van der Waals surface area contributed by atoms with Gasteiger partial charge in [-0.05, 0) is 44.1 Å². The van der Waals surface area contributed by atoms with E-state index in [-0.39, 0.29) is 5.41 Å². The highest BCUT2D eigenvalue weighted by atomic mass is 15.2. The molecule has 3 rings (SSSR count). The zero-order valence-electron chi connectivity index (χ0n) is 15.3. The number of aromatic nitrogens is 2. The van der Waals surface area contributed by atoms with E-state index in [1.165, 1.54) is 16.7 Å². The van der Waals surface area contributed by atoms with Gasteiger partial charge in [-0.3, -0.25) is 4.68 Å². The van der Waals surface area contributed by atoms with Gasteiger partial charge in [-0.25, -0.2) is 0 Å². The fourth-order valence-electron chi connectivity index (χ4n) is 3.64. The van der Waals surface area contributed by atoms with Crippen LogP contribution in [-0.2, 0) is 12.5 Å². The molecule has 25 heavy (non-hydrogen) atoms. The lowest BCUT2D eigenvalue weighted by Gasteiger charge is -2.39. The molecule has 0 aliphatic carbocycles. The molecule has 0 unspecified atom stereocenters. The molecule has 1 fully saturated rings. The van der Waals surface area contributed by atoms with Crippen LogP contribution in [-0.4, -0.2) is 43.0 Å². The number of likely N-dealkylation sites (N-methyl/N-ethyl adjacent to an activating group) is 1. The van der Waals surface area contributed by atoms with Crippen LogP contribution in [0.5, 0.6) is 0 Å². The lowest BCUT2D eigenvalue weighted by Crippen LogP contribution is -2.46. The molecule has 0 radical (unpaired) electrons. The molecule has 1 aromatic carbocycles. The average molecular weight is 339 g/mol. The van der Waals surface area contributed by atoms with Crippen LogP contribution in [0.15, 0.2) is 48.9 Å². The van der Waals surface area contributed by atoms with E-state index < -0.39 is 0 Å². The maximum atomic E-state index is 4.31. The minimum Gasteiger partial charge on any atom is -0.387 e. The van der Waals surface area contributed by atoms with Gasteiger partial charge in [0, 0.05) is 43.0 Å². The summed E-state index contributed by atoms with van der Waals surface area (Å²) in [6.07, 6.45) is 6.26. The smallest absolute Gasteiger partial charge is 0.0568 e. The molecule has 2 aromatic rings. The van der Waals surface area contributed by atoms with Crippen molar-refractivity contribution in [2.75, 3.05) is 33.2 Å². The van der Waals surface area contributed by atoms with Gasteiger partial charge in [-0.15, -0.1) is 0 Å². The monoisotopic (exact) mass is 339 g/mol. The molecule has 134 valence electrons. The molecule has 5 nitrogen and oxygen atoms in total. The average Bonchev–Trinajstić information content (AvgIpc) is 3.08. The van der Waals surface area contributed by atoms with E-state index in [4.69, 9.17) is 0 Å². The molecule has 0 spiro atoms. The van der Waals surface area contributed by atoms with Gasteiger partial charge in [0.25, 0.3) is 0 Å². The van der Waals surface area contributed by atoms with Crippen molar-refractivity contribution in [3.63, 3.8) is 0 Å². The highest BCUT2D eigenvalue weighted by Gasteiger charge is 2.34. The summed E-state index contributed by atoms with van der Waals surface area (Å²) in [5.41, 5.74) is 4.99. The first-order chi connectivity index (χ1) is 12.1. The van der Waals surface area contributed by atoms with Gasteiger partial charge < -0.3 is 16.0 Å². The first-order valence-electron chi connectivity index (χ1n) is 8.99. The molecule has 5 heteroatoms. The molecule has 1 saturated heterocycles. The molecular formula is C20H29N5. The summed E-state index contributed by atoms with van der Waals surface area (Å²) in [6, 6.07) is 8.95. The van der Waals surface area contributed by atoms with Crippen LogP contribution in [0.2, 0.25) is 0 Å². The van der Waals surface area contributed by atoms with Crippen molar-refractivity contribution < 1.29 is 0 Å². The fourth-order valence-corrected chi connectivity index (χ4v) is 3.64. The van der Waals surface area contributed by atoms with E-state index in [9.17, 15) is 0 Å². The number of benzene rings is 1. The molecule has 1 aliphatic rings. The maximum Gasteiger partial charge on any atom is 0.0568 e. The summed E-state index contributed by atoms with van der Waals surface area (Å²) >= 11 is 0. The summed E-state index contributed by atoms with van der Waals surface area (Å²) in [4.78, 5) is 0. The third-order valence-corrected chi connectivity index (χ3v) is 5.14. The Morgan fingerprint density at radius 3 is 2.80 bits per heavy atom. The second kappa shape index (κ2) is 7.85. The lowest BCUT2D eigenvalue weighted by atomic mass is 9.72. The summed E-state index contributed by atoms with van der Waals surface area (Å²) in [5, 5.41) is 14.5.